The SMILES string of the molecule is COc1ccc2c(c1)N(CCN1CCC(NCc3ccc4c(c3)NC(=O)CO4)CC1)C(O)C=N2. The second-order valence-corrected chi connectivity index (χ2v) is 8.90. The number of benzene rings is 2. The predicted molar refractivity (Wildman–Crippen MR) is 131 cm³/mol. The first-order chi connectivity index (χ1) is 16.6. The summed E-state index contributed by atoms with van der Waals surface area (Å²) in [5.41, 5.74) is 3.62. The van der Waals surface area contributed by atoms with Crippen LogP contribution in [0.1, 0.15) is 18.4 Å². The third-order valence-electron chi connectivity index (χ3n) is 6.67. The number of fused-ring (bicyclic) bond motifs is 2. The summed E-state index contributed by atoms with van der Waals surface area (Å²) in [7, 11) is 1.64. The van der Waals surface area contributed by atoms with Crippen LogP contribution in [0.4, 0.5) is 17.1 Å². The quantitative estimate of drug-likeness (QED) is 0.576. The molecule has 0 bridgehead atoms. The number of nitrogens with one attached hydrogen (secondary N) is 2. The predicted octanol–water partition coefficient (Wildman–Crippen LogP) is 2.12. The molecule has 0 radical (unpaired) electrons. The lowest BCUT2D eigenvalue weighted by molar-refractivity contribution is -0.118. The number of carbonyl (C=O) groups excluding carboxylic acids is 1. The fourth-order valence-electron chi connectivity index (χ4n) is 4.70. The van der Waals surface area contributed by atoms with Crippen molar-refractivity contribution in [1.29, 1.82) is 0 Å². The molecule has 1 unspecified atom stereocenters. The number of aliphatic hydroxyl groups is 1. The van der Waals surface area contributed by atoms with Crippen LogP contribution in [0.2, 0.25) is 0 Å². The average molecular weight is 466 g/mol. The molecule has 1 amide bonds. The summed E-state index contributed by atoms with van der Waals surface area (Å²) in [6.45, 7) is 4.44. The van der Waals surface area contributed by atoms with Crippen molar-refractivity contribution in [3.8, 4) is 11.5 Å². The first kappa shape index (κ1) is 22.6. The van der Waals surface area contributed by atoms with E-state index in [0.717, 1.165) is 73.1 Å². The summed E-state index contributed by atoms with van der Waals surface area (Å²) in [5, 5.41) is 17.0. The zero-order chi connectivity index (χ0) is 23.5. The molecule has 3 aliphatic heterocycles. The summed E-state index contributed by atoms with van der Waals surface area (Å²) in [4.78, 5) is 20.3. The number of hydrogen-bond donors (Lipinski definition) is 3. The number of piperidine rings is 1. The van der Waals surface area contributed by atoms with E-state index >= 15 is 0 Å². The number of hydrogen-bond acceptors (Lipinski definition) is 8. The Balaban J connectivity index is 1.10. The number of rotatable bonds is 7. The first-order valence-electron chi connectivity index (χ1n) is 11.8. The smallest absolute Gasteiger partial charge is 0.262 e. The van der Waals surface area contributed by atoms with E-state index in [1.165, 1.54) is 0 Å². The molecule has 1 saturated heterocycles. The van der Waals surface area contributed by atoms with Gasteiger partial charge in [0.25, 0.3) is 5.91 Å². The zero-order valence-electron chi connectivity index (χ0n) is 19.4. The summed E-state index contributed by atoms with van der Waals surface area (Å²) >= 11 is 0. The molecule has 9 heteroatoms. The highest BCUT2D eigenvalue weighted by Crippen LogP contribution is 2.35. The fraction of sp³-hybridized carbons (Fsp3) is 0.440. The van der Waals surface area contributed by atoms with Crippen LogP contribution in [0.25, 0.3) is 0 Å². The van der Waals surface area contributed by atoms with Crippen molar-refractivity contribution in [3.63, 3.8) is 0 Å². The van der Waals surface area contributed by atoms with Crippen LogP contribution in [0.3, 0.4) is 0 Å². The molecule has 0 spiro atoms. The molecule has 9 nitrogen and oxygen atoms in total. The minimum Gasteiger partial charge on any atom is -0.497 e. The van der Waals surface area contributed by atoms with Gasteiger partial charge in [0.05, 0.1) is 30.4 Å². The highest BCUT2D eigenvalue weighted by Gasteiger charge is 2.25. The molecule has 34 heavy (non-hydrogen) atoms. The monoisotopic (exact) mass is 465 g/mol. The van der Waals surface area contributed by atoms with Crippen molar-refractivity contribution in [2.45, 2.75) is 31.7 Å². The molecule has 2 aromatic rings. The van der Waals surface area contributed by atoms with Gasteiger partial charge < -0.3 is 35.0 Å². The number of anilines is 2. The number of amides is 1. The van der Waals surface area contributed by atoms with Gasteiger partial charge in [0.2, 0.25) is 0 Å². The van der Waals surface area contributed by atoms with E-state index in [-0.39, 0.29) is 12.5 Å². The van der Waals surface area contributed by atoms with Crippen LogP contribution in [-0.2, 0) is 11.3 Å². The Morgan fingerprint density at radius 1 is 1.21 bits per heavy atom. The van der Waals surface area contributed by atoms with Crippen molar-refractivity contribution in [2.75, 3.05) is 50.1 Å². The van der Waals surface area contributed by atoms with E-state index in [4.69, 9.17) is 9.47 Å². The van der Waals surface area contributed by atoms with Gasteiger partial charge >= 0.3 is 0 Å². The number of methoxy groups -OCH3 is 1. The topological polar surface area (TPSA) is 98.7 Å². The minimum absolute atomic E-state index is 0.0776. The van der Waals surface area contributed by atoms with Crippen LogP contribution in [0.15, 0.2) is 41.4 Å². The molecule has 5 rings (SSSR count). The van der Waals surface area contributed by atoms with Gasteiger partial charge in [-0.25, -0.2) is 0 Å². The largest absolute Gasteiger partial charge is 0.497 e. The Hall–Kier alpha value is -3.14. The molecular formula is C25H31N5O4. The normalized spacial score (nSPS) is 20.4. The molecule has 3 N–H and O–H groups in total. The van der Waals surface area contributed by atoms with Gasteiger partial charge in [-0.2, -0.15) is 0 Å². The van der Waals surface area contributed by atoms with E-state index in [2.05, 4.69) is 20.5 Å². The van der Waals surface area contributed by atoms with E-state index in [0.29, 0.717) is 12.6 Å². The zero-order valence-corrected chi connectivity index (χ0v) is 19.4. The van der Waals surface area contributed by atoms with Crippen LogP contribution >= 0.6 is 0 Å². The summed E-state index contributed by atoms with van der Waals surface area (Å²) in [6, 6.07) is 12.1. The van der Waals surface area contributed by atoms with Gasteiger partial charge in [0.1, 0.15) is 11.5 Å². The maximum absolute atomic E-state index is 11.5. The highest BCUT2D eigenvalue weighted by atomic mass is 16.5. The first-order valence-corrected chi connectivity index (χ1v) is 11.8. The van der Waals surface area contributed by atoms with Crippen LogP contribution in [0, 0.1) is 0 Å². The van der Waals surface area contributed by atoms with Gasteiger partial charge in [-0.15, -0.1) is 0 Å². The van der Waals surface area contributed by atoms with Gasteiger partial charge in [-0.3, -0.25) is 9.79 Å². The number of nitrogens with zero attached hydrogens (tertiary/aromatic N) is 3. The van der Waals surface area contributed by atoms with E-state index < -0.39 is 6.23 Å². The molecule has 1 fully saturated rings. The van der Waals surface area contributed by atoms with Gasteiger partial charge in [-0.05, 0) is 55.8 Å². The fourth-order valence-corrected chi connectivity index (χ4v) is 4.70. The van der Waals surface area contributed by atoms with E-state index in [1.807, 2.05) is 41.3 Å². The lowest BCUT2D eigenvalue weighted by atomic mass is 10.0. The summed E-state index contributed by atoms with van der Waals surface area (Å²) in [5.74, 6) is 1.37. The molecule has 2 aromatic carbocycles. The molecule has 3 heterocycles. The molecule has 0 aliphatic carbocycles. The Morgan fingerprint density at radius 3 is 2.88 bits per heavy atom. The third kappa shape index (κ3) is 5.01. The Kier molecular flexibility index (Phi) is 6.66. The lowest BCUT2D eigenvalue weighted by Crippen LogP contribution is -2.47. The Bertz CT molecular complexity index is 1070. The second kappa shape index (κ2) is 10.0. The standard InChI is InChI=1S/C25H31N5O4/c1-33-19-3-4-20-22(13-19)30(25(32)15-27-20)11-10-29-8-6-18(7-9-29)26-14-17-2-5-23-21(12-17)28-24(31)16-34-23/h2-5,12-13,15,18,25-26,32H,6-11,14,16H2,1H3,(H,28,31). The van der Waals surface area contributed by atoms with E-state index in [1.54, 1.807) is 13.3 Å². The van der Waals surface area contributed by atoms with Crippen molar-refractivity contribution < 1.29 is 19.4 Å². The average Bonchev–Trinajstić information content (AvgIpc) is 2.87. The molecule has 0 saturated carbocycles. The second-order valence-electron chi connectivity index (χ2n) is 8.90. The minimum atomic E-state index is -0.731. The molecule has 180 valence electrons. The Labute approximate surface area is 199 Å². The molecular weight excluding hydrogens is 434 g/mol. The molecule has 0 aromatic heterocycles. The van der Waals surface area contributed by atoms with Gasteiger partial charge in [-0.1, -0.05) is 6.07 Å². The molecule has 1 atom stereocenters. The van der Waals surface area contributed by atoms with Gasteiger partial charge in [0.15, 0.2) is 12.8 Å². The molecule has 3 aliphatic rings. The third-order valence-corrected chi connectivity index (χ3v) is 6.67. The summed E-state index contributed by atoms with van der Waals surface area (Å²) < 4.78 is 10.8. The van der Waals surface area contributed by atoms with Crippen molar-refractivity contribution in [1.82, 2.24) is 10.2 Å². The number of carbonyl (C=O) groups is 1. The summed E-state index contributed by atoms with van der Waals surface area (Å²) in [6.07, 6.45) is 2.99. The van der Waals surface area contributed by atoms with Crippen molar-refractivity contribution >= 4 is 29.2 Å². The Morgan fingerprint density at radius 2 is 2.06 bits per heavy atom. The van der Waals surface area contributed by atoms with Crippen molar-refractivity contribution in [3.05, 3.63) is 42.0 Å². The number of aliphatic imine (C=N–C) groups is 1. The van der Waals surface area contributed by atoms with Crippen LogP contribution < -0.4 is 25.0 Å². The van der Waals surface area contributed by atoms with Gasteiger partial charge in [0, 0.05) is 31.7 Å². The maximum atomic E-state index is 11.5. The van der Waals surface area contributed by atoms with Crippen LogP contribution in [0.5, 0.6) is 11.5 Å². The van der Waals surface area contributed by atoms with Crippen molar-refractivity contribution in [2.24, 2.45) is 4.99 Å². The highest BCUT2D eigenvalue weighted by molar-refractivity contribution is 5.95. The lowest BCUT2D eigenvalue weighted by Gasteiger charge is -2.36. The number of ether oxygens (including phenoxy) is 2. The maximum Gasteiger partial charge on any atom is 0.262 e. The number of likely N-dealkylation sites (tertiary alicyclic amines) is 1. The van der Waals surface area contributed by atoms with Crippen LogP contribution in [-0.4, -0.2) is 74.3 Å². The van der Waals surface area contributed by atoms with E-state index in [9.17, 15) is 9.90 Å². The number of aliphatic hydroxyl groups excluding tert-OH is 1.